The van der Waals surface area contributed by atoms with Gasteiger partial charge in [-0.1, -0.05) is 42.0 Å². The average Bonchev–Trinajstić information content (AvgIpc) is 2.86. The van der Waals surface area contributed by atoms with E-state index in [2.05, 4.69) is 56.3 Å². The molecule has 1 heteroatoms. The van der Waals surface area contributed by atoms with Crippen molar-refractivity contribution in [3.05, 3.63) is 70.4 Å². The van der Waals surface area contributed by atoms with Gasteiger partial charge in [-0.2, -0.15) is 0 Å². The molecular weight excluding hydrogens is 254 g/mol. The summed E-state index contributed by atoms with van der Waals surface area (Å²) in [5, 5.41) is 4.97. The third-order valence-electron chi connectivity index (χ3n) is 4.83. The number of para-hydroxylation sites is 1. The first-order valence-electron chi connectivity index (χ1n) is 7.85. The Morgan fingerprint density at radius 3 is 2.76 bits per heavy atom. The van der Waals surface area contributed by atoms with Crippen molar-refractivity contribution in [1.82, 2.24) is 5.32 Å². The number of aryl methyl sites for hydroxylation is 2. The summed E-state index contributed by atoms with van der Waals surface area (Å²) in [5.74, 6) is 0.474. The van der Waals surface area contributed by atoms with Crippen LogP contribution in [0.1, 0.15) is 47.4 Å². The number of fused-ring (bicyclic) bond motifs is 2. The molecule has 0 N–H and O–H groups in total. The van der Waals surface area contributed by atoms with E-state index in [0.29, 0.717) is 5.92 Å². The highest BCUT2D eigenvalue weighted by Gasteiger charge is 2.32. The first-order chi connectivity index (χ1) is 10.2. The molecule has 1 heterocycles. The van der Waals surface area contributed by atoms with Crippen molar-refractivity contribution in [2.75, 3.05) is 0 Å². The molecule has 2 aliphatic rings. The van der Waals surface area contributed by atoms with E-state index in [9.17, 15) is 0 Å². The molecule has 0 amide bonds. The molecular formula is C20H20N. The highest BCUT2D eigenvalue weighted by atomic mass is 14.9. The second kappa shape index (κ2) is 4.77. The number of rotatable bonds is 1. The number of hydrogen-bond donors (Lipinski definition) is 0. The maximum absolute atomic E-state index is 4.97. The van der Waals surface area contributed by atoms with Crippen molar-refractivity contribution in [2.24, 2.45) is 0 Å². The third-order valence-corrected chi connectivity index (χ3v) is 4.83. The molecule has 105 valence electrons. The van der Waals surface area contributed by atoms with Gasteiger partial charge in [0.15, 0.2) is 0 Å². The maximum Gasteiger partial charge on any atom is 0.0709 e. The predicted molar refractivity (Wildman–Crippen MR) is 87.7 cm³/mol. The van der Waals surface area contributed by atoms with Crippen molar-refractivity contribution in [2.45, 2.75) is 39.0 Å². The van der Waals surface area contributed by atoms with Crippen LogP contribution in [0.3, 0.4) is 0 Å². The van der Waals surface area contributed by atoms with Crippen LogP contribution >= 0.6 is 0 Å². The second-order valence-corrected chi connectivity index (χ2v) is 6.30. The van der Waals surface area contributed by atoms with Crippen molar-refractivity contribution in [1.29, 1.82) is 0 Å². The molecule has 0 aromatic heterocycles. The van der Waals surface area contributed by atoms with Crippen LogP contribution in [-0.2, 0) is 0 Å². The molecule has 2 aromatic carbocycles. The zero-order valence-corrected chi connectivity index (χ0v) is 12.7. The van der Waals surface area contributed by atoms with Crippen molar-refractivity contribution >= 4 is 11.3 Å². The van der Waals surface area contributed by atoms with E-state index >= 15 is 0 Å². The Balaban J connectivity index is 1.80. The van der Waals surface area contributed by atoms with E-state index in [0.717, 1.165) is 0 Å². The summed E-state index contributed by atoms with van der Waals surface area (Å²) in [5.41, 5.74) is 9.55. The van der Waals surface area contributed by atoms with E-state index in [-0.39, 0.29) is 0 Å². The van der Waals surface area contributed by atoms with Gasteiger partial charge in [-0.25, -0.2) is 0 Å². The number of nitrogens with zero attached hydrogens (tertiary/aromatic N) is 1. The van der Waals surface area contributed by atoms with Crippen molar-refractivity contribution in [3.8, 4) is 0 Å². The van der Waals surface area contributed by atoms with E-state index in [1.165, 1.54) is 58.5 Å². The smallest absolute Gasteiger partial charge is 0.0709 e. The van der Waals surface area contributed by atoms with Crippen LogP contribution in [0.4, 0.5) is 5.69 Å². The van der Waals surface area contributed by atoms with Crippen molar-refractivity contribution < 1.29 is 0 Å². The fourth-order valence-electron chi connectivity index (χ4n) is 3.85. The van der Waals surface area contributed by atoms with Gasteiger partial charge in [-0.15, -0.1) is 0 Å². The molecule has 0 saturated carbocycles. The van der Waals surface area contributed by atoms with Crippen LogP contribution in [-0.4, -0.2) is 0 Å². The Labute approximate surface area is 126 Å². The lowest BCUT2D eigenvalue weighted by atomic mass is 9.80. The topological polar surface area (TPSA) is 14.1 Å². The van der Waals surface area contributed by atoms with E-state index in [1.807, 2.05) is 0 Å². The lowest BCUT2D eigenvalue weighted by molar-refractivity contribution is 0.614. The molecule has 0 spiro atoms. The zero-order chi connectivity index (χ0) is 14.4. The van der Waals surface area contributed by atoms with Crippen molar-refractivity contribution in [3.63, 3.8) is 0 Å². The summed E-state index contributed by atoms with van der Waals surface area (Å²) < 4.78 is 0. The molecule has 1 aliphatic carbocycles. The molecule has 1 aliphatic heterocycles. The minimum absolute atomic E-state index is 0.474. The van der Waals surface area contributed by atoms with Crippen LogP contribution in [0.2, 0.25) is 0 Å². The Bertz CT molecular complexity index is 739. The molecule has 0 bridgehead atoms. The first kappa shape index (κ1) is 12.7. The molecule has 0 saturated heterocycles. The Morgan fingerprint density at radius 1 is 1.05 bits per heavy atom. The zero-order valence-electron chi connectivity index (χ0n) is 12.7. The summed E-state index contributed by atoms with van der Waals surface area (Å²) in [7, 11) is 0. The lowest BCUT2D eigenvalue weighted by Crippen LogP contribution is -2.13. The normalized spacial score (nSPS) is 20.0. The van der Waals surface area contributed by atoms with E-state index in [4.69, 9.17) is 5.32 Å². The van der Waals surface area contributed by atoms with Gasteiger partial charge in [0.2, 0.25) is 0 Å². The van der Waals surface area contributed by atoms with Crippen LogP contribution in [0.5, 0.6) is 0 Å². The molecule has 0 fully saturated rings. The molecule has 1 radical (unpaired) electrons. The summed E-state index contributed by atoms with van der Waals surface area (Å²) in [6, 6.07) is 15.4. The summed E-state index contributed by atoms with van der Waals surface area (Å²) >= 11 is 0. The monoisotopic (exact) mass is 274 g/mol. The molecule has 1 nitrogen and oxygen atoms in total. The minimum atomic E-state index is 0.474. The SMILES string of the molecule is Cc1ccc(C2CCCC3=C2[N]c2ccccc23)c(C)c1. The van der Waals surface area contributed by atoms with Gasteiger partial charge >= 0.3 is 0 Å². The second-order valence-electron chi connectivity index (χ2n) is 6.30. The Morgan fingerprint density at radius 2 is 1.90 bits per heavy atom. The summed E-state index contributed by atoms with van der Waals surface area (Å²) in [4.78, 5) is 0. The van der Waals surface area contributed by atoms with Gasteiger partial charge in [0.05, 0.1) is 11.4 Å². The minimum Gasteiger partial charge on any atom is -0.252 e. The highest BCUT2D eigenvalue weighted by Crippen LogP contribution is 2.48. The number of benzene rings is 2. The van der Waals surface area contributed by atoms with Crippen LogP contribution in [0.25, 0.3) is 5.57 Å². The van der Waals surface area contributed by atoms with Crippen LogP contribution in [0, 0.1) is 13.8 Å². The van der Waals surface area contributed by atoms with Gasteiger partial charge in [-0.05, 0) is 55.9 Å². The Hall–Kier alpha value is -2.02. The maximum atomic E-state index is 4.97. The molecule has 1 atom stereocenters. The first-order valence-corrected chi connectivity index (χ1v) is 7.85. The number of hydrogen-bond acceptors (Lipinski definition) is 0. The number of allylic oxidation sites excluding steroid dienone is 2. The van der Waals surface area contributed by atoms with Gasteiger partial charge in [0.1, 0.15) is 0 Å². The predicted octanol–water partition coefficient (Wildman–Crippen LogP) is 5.23. The Kier molecular flexibility index (Phi) is 2.88. The largest absolute Gasteiger partial charge is 0.252 e. The van der Waals surface area contributed by atoms with E-state index < -0.39 is 0 Å². The van der Waals surface area contributed by atoms with Crippen LogP contribution in [0.15, 0.2) is 48.2 Å². The van der Waals surface area contributed by atoms with Gasteiger partial charge in [0.25, 0.3) is 0 Å². The quantitative estimate of drug-likeness (QED) is 0.676. The van der Waals surface area contributed by atoms with Gasteiger partial charge in [-0.3, -0.25) is 5.32 Å². The average molecular weight is 274 g/mol. The fraction of sp³-hybridized carbons (Fsp3) is 0.300. The lowest BCUT2D eigenvalue weighted by Gasteiger charge is -2.26. The summed E-state index contributed by atoms with van der Waals surface area (Å²) in [6.07, 6.45) is 3.66. The van der Waals surface area contributed by atoms with Gasteiger partial charge < -0.3 is 0 Å². The molecule has 21 heavy (non-hydrogen) atoms. The van der Waals surface area contributed by atoms with E-state index in [1.54, 1.807) is 0 Å². The molecule has 2 aromatic rings. The van der Waals surface area contributed by atoms with Gasteiger partial charge in [0, 0.05) is 11.5 Å². The highest BCUT2D eigenvalue weighted by molar-refractivity contribution is 5.83. The fourth-order valence-corrected chi connectivity index (χ4v) is 3.85. The molecule has 1 unspecified atom stereocenters. The van der Waals surface area contributed by atoms with Crippen LogP contribution < -0.4 is 5.32 Å². The third kappa shape index (κ3) is 1.99. The molecule has 4 rings (SSSR count). The summed E-state index contributed by atoms with van der Waals surface area (Å²) in [6.45, 7) is 4.40. The standard InChI is InChI=1S/C20H20N/c1-13-10-11-15(14(2)12-13)17-7-5-8-18-16-6-3-4-9-19(16)21-20(17)18/h3-4,6,9-12,17H,5,7-8H2,1-2H3.